The molecule has 0 saturated heterocycles. The third-order valence-electron chi connectivity index (χ3n) is 3.97. The second-order valence-corrected chi connectivity index (χ2v) is 8.32. The van der Waals surface area contributed by atoms with Gasteiger partial charge in [0.05, 0.1) is 22.7 Å². The van der Waals surface area contributed by atoms with Crippen molar-refractivity contribution in [1.29, 1.82) is 5.26 Å². The Morgan fingerprint density at radius 3 is 2.79 bits per heavy atom. The van der Waals surface area contributed by atoms with E-state index in [0.29, 0.717) is 26.4 Å². The third kappa shape index (κ3) is 3.23. The number of ether oxygens (including phenoxy) is 1. The number of halogens is 2. The number of hydrogen-bond donors (Lipinski definition) is 1. The van der Waals surface area contributed by atoms with Gasteiger partial charge in [-0.05, 0) is 59.3 Å². The van der Waals surface area contributed by atoms with Gasteiger partial charge in [0, 0.05) is 9.35 Å². The summed E-state index contributed by atoms with van der Waals surface area (Å²) < 4.78 is 6.80. The van der Waals surface area contributed by atoms with Crippen molar-refractivity contribution in [1.82, 2.24) is 0 Å². The highest BCUT2D eigenvalue weighted by Gasteiger charge is 2.23. The van der Waals surface area contributed by atoms with Crippen LogP contribution < -0.4 is 10.1 Å². The molecule has 24 heavy (non-hydrogen) atoms. The Balaban J connectivity index is 1.97. The lowest BCUT2D eigenvalue weighted by atomic mass is 9.96. The van der Waals surface area contributed by atoms with E-state index >= 15 is 0 Å². The molecule has 3 rings (SSSR count). The number of fused-ring (bicyclic) bond motifs is 1. The Morgan fingerprint density at radius 1 is 1.33 bits per heavy atom. The molecular formula is C17H14Br2N2O2S. The van der Waals surface area contributed by atoms with E-state index in [0.717, 1.165) is 35.7 Å². The average molecular weight is 470 g/mol. The van der Waals surface area contributed by atoms with Crippen LogP contribution >= 0.6 is 43.2 Å². The Morgan fingerprint density at radius 2 is 2.08 bits per heavy atom. The molecule has 124 valence electrons. The van der Waals surface area contributed by atoms with E-state index in [9.17, 15) is 10.1 Å². The van der Waals surface area contributed by atoms with Crippen LogP contribution in [0.3, 0.4) is 0 Å². The normalized spacial score (nSPS) is 13.1. The predicted octanol–water partition coefficient (Wildman–Crippen LogP) is 5.28. The summed E-state index contributed by atoms with van der Waals surface area (Å²) in [5, 5.41) is 13.0. The zero-order valence-corrected chi connectivity index (χ0v) is 16.9. The number of methoxy groups -OCH3 is 1. The van der Waals surface area contributed by atoms with E-state index in [1.54, 1.807) is 6.07 Å². The van der Waals surface area contributed by atoms with Crippen molar-refractivity contribution < 1.29 is 9.53 Å². The van der Waals surface area contributed by atoms with Crippen LogP contribution in [0, 0.1) is 11.3 Å². The minimum atomic E-state index is -0.288. The summed E-state index contributed by atoms with van der Waals surface area (Å²) in [6.07, 6.45) is 4.13. The van der Waals surface area contributed by atoms with Crippen LogP contribution in [0.2, 0.25) is 0 Å². The summed E-state index contributed by atoms with van der Waals surface area (Å²) in [7, 11) is 1.52. The van der Waals surface area contributed by atoms with Crippen molar-refractivity contribution in [3.63, 3.8) is 0 Å². The monoisotopic (exact) mass is 468 g/mol. The lowest BCUT2D eigenvalue weighted by Crippen LogP contribution is -2.13. The zero-order valence-electron chi connectivity index (χ0n) is 12.9. The number of hydrogen-bond acceptors (Lipinski definition) is 4. The lowest BCUT2D eigenvalue weighted by molar-refractivity contribution is 0.102. The van der Waals surface area contributed by atoms with Crippen molar-refractivity contribution in [2.75, 3.05) is 12.4 Å². The summed E-state index contributed by atoms with van der Waals surface area (Å²) in [6, 6.07) is 5.78. The van der Waals surface area contributed by atoms with Crippen LogP contribution in [-0.4, -0.2) is 13.0 Å². The van der Waals surface area contributed by atoms with Crippen molar-refractivity contribution in [3.05, 3.63) is 42.6 Å². The number of carbonyl (C=O) groups is 1. The first-order chi connectivity index (χ1) is 11.5. The maximum Gasteiger partial charge on any atom is 0.260 e. The Bertz CT molecular complexity index is 855. The number of nitriles is 1. The quantitative estimate of drug-likeness (QED) is 0.664. The van der Waals surface area contributed by atoms with Crippen LogP contribution in [0.25, 0.3) is 0 Å². The van der Waals surface area contributed by atoms with Gasteiger partial charge in [-0.3, -0.25) is 4.79 Å². The first-order valence-corrected chi connectivity index (χ1v) is 9.84. The number of nitrogens with zero attached hydrogens (tertiary/aromatic N) is 1. The maximum absolute atomic E-state index is 12.7. The van der Waals surface area contributed by atoms with Crippen LogP contribution in [0.1, 0.15) is 39.2 Å². The minimum Gasteiger partial charge on any atom is -0.495 e. The molecule has 1 aliphatic rings. The van der Waals surface area contributed by atoms with Gasteiger partial charge in [0.25, 0.3) is 5.91 Å². The molecule has 0 radical (unpaired) electrons. The molecule has 0 saturated carbocycles. The van der Waals surface area contributed by atoms with E-state index in [-0.39, 0.29) is 5.91 Å². The first-order valence-electron chi connectivity index (χ1n) is 7.44. The Labute approximate surface area is 161 Å². The number of rotatable bonds is 3. The van der Waals surface area contributed by atoms with E-state index in [2.05, 4.69) is 43.2 Å². The lowest BCUT2D eigenvalue weighted by Gasteiger charge is -2.11. The van der Waals surface area contributed by atoms with E-state index < -0.39 is 0 Å². The largest absolute Gasteiger partial charge is 0.495 e. The average Bonchev–Trinajstić information content (AvgIpc) is 2.91. The molecule has 0 fully saturated rings. The van der Waals surface area contributed by atoms with E-state index in [4.69, 9.17) is 4.74 Å². The fourth-order valence-corrected chi connectivity index (χ4v) is 5.50. The van der Waals surface area contributed by atoms with Crippen LogP contribution in [0.4, 0.5) is 5.00 Å². The minimum absolute atomic E-state index is 0.288. The summed E-state index contributed by atoms with van der Waals surface area (Å²) in [5.41, 5.74) is 2.12. The van der Waals surface area contributed by atoms with Crippen LogP contribution in [-0.2, 0) is 12.8 Å². The number of benzene rings is 1. The van der Waals surface area contributed by atoms with Crippen LogP contribution in [0.15, 0.2) is 21.1 Å². The molecule has 1 N–H and O–H groups in total. The molecule has 0 aliphatic heterocycles. The predicted molar refractivity (Wildman–Crippen MR) is 102 cm³/mol. The molecule has 1 aromatic carbocycles. The highest BCUT2D eigenvalue weighted by atomic mass is 79.9. The van der Waals surface area contributed by atoms with Gasteiger partial charge in [-0.15, -0.1) is 11.3 Å². The molecule has 0 atom stereocenters. The number of thiophene rings is 1. The highest BCUT2D eigenvalue weighted by molar-refractivity contribution is 9.11. The third-order valence-corrected chi connectivity index (χ3v) is 6.22. The van der Waals surface area contributed by atoms with Crippen molar-refractivity contribution >= 4 is 54.1 Å². The maximum atomic E-state index is 12.7. The molecule has 0 unspecified atom stereocenters. The van der Waals surface area contributed by atoms with Gasteiger partial charge in [0.1, 0.15) is 16.8 Å². The van der Waals surface area contributed by atoms with Gasteiger partial charge < -0.3 is 10.1 Å². The Kier molecular flexibility index (Phi) is 5.28. The molecular weight excluding hydrogens is 456 g/mol. The molecule has 1 amide bonds. The number of carbonyl (C=O) groups excluding carboxylic acids is 1. The van der Waals surface area contributed by atoms with Gasteiger partial charge in [0.2, 0.25) is 0 Å². The van der Waals surface area contributed by atoms with Crippen molar-refractivity contribution in [3.8, 4) is 11.8 Å². The van der Waals surface area contributed by atoms with Crippen molar-refractivity contribution in [2.45, 2.75) is 25.7 Å². The van der Waals surface area contributed by atoms with Gasteiger partial charge in [-0.2, -0.15) is 5.26 Å². The van der Waals surface area contributed by atoms with Gasteiger partial charge in [-0.1, -0.05) is 15.9 Å². The van der Waals surface area contributed by atoms with Gasteiger partial charge >= 0.3 is 0 Å². The SMILES string of the molecule is COc1c(Br)cc(Br)cc1C(=O)Nc1sc2c(c1C#N)CCCC2. The first kappa shape index (κ1) is 17.5. The van der Waals surface area contributed by atoms with Crippen molar-refractivity contribution in [2.24, 2.45) is 0 Å². The molecule has 2 aromatic rings. The smallest absolute Gasteiger partial charge is 0.260 e. The highest BCUT2D eigenvalue weighted by Crippen LogP contribution is 2.39. The number of nitrogens with one attached hydrogen (secondary N) is 1. The van der Waals surface area contributed by atoms with Gasteiger partial charge in [0.15, 0.2) is 0 Å². The summed E-state index contributed by atoms with van der Waals surface area (Å²) in [4.78, 5) is 14.0. The van der Waals surface area contributed by atoms with Crippen LogP contribution in [0.5, 0.6) is 5.75 Å². The molecule has 0 bridgehead atoms. The molecule has 7 heteroatoms. The van der Waals surface area contributed by atoms with E-state index in [1.807, 2.05) is 6.07 Å². The Hall–Kier alpha value is -1.36. The molecule has 4 nitrogen and oxygen atoms in total. The topological polar surface area (TPSA) is 62.1 Å². The second kappa shape index (κ2) is 7.26. The number of amides is 1. The summed E-state index contributed by atoms with van der Waals surface area (Å²) in [6.45, 7) is 0. The summed E-state index contributed by atoms with van der Waals surface area (Å²) in [5.74, 6) is 0.180. The number of anilines is 1. The fraction of sp³-hybridized carbons (Fsp3) is 0.294. The second-order valence-electron chi connectivity index (χ2n) is 5.45. The molecule has 1 heterocycles. The molecule has 1 aliphatic carbocycles. The van der Waals surface area contributed by atoms with E-state index in [1.165, 1.54) is 23.3 Å². The standard InChI is InChI=1S/C17H14Br2N2O2S/c1-23-15-11(6-9(18)7-13(15)19)16(22)21-17-12(8-20)10-4-2-3-5-14(10)24-17/h6-7H,2-5H2,1H3,(H,21,22). The molecule has 1 aromatic heterocycles. The molecule has 0 spiro atoms. The number of aryl methyl sites for hydroxylation is 1. The zero-order chi connectivity index (χ0) is 17.3. The summed E-state index contributed by atoms with van der Waals surface area (Å²) >= 11 is 8.30. The fourth-order valence-electron chi connectivity index (χ4n) is 2.88. The van der Waals surface area contributed by atoms with Gasteiger partial charge in [-0.25, -0.2) is 0 Å².